The van der Waals surface area contributed by atoms with Crippen LogP contribution in [0.3, 0.4) is 0 Å². The Kier molecular flexibility index (Phi) is 5.19. The quantitative estimate of drug-likeness (QED) is 0.246. The largest absolute Gasteiger partial charge is 0.506 e. The highest BCUT2D eigenvalue weighted by Crippen LogP contribution is 2.54. The highest BCUT2D eigenvalue weighted by atomic mass is 79.9. The maximum absolute atomic E-state index is 12.7. The SMILES string of the molecule is O=C1C(Br)=C(O)C(Br)=C(O)/C1=C1/C(=O)C(c2c(O)c(Br)c(O)c(Br)c2O)=C1O. The van der Waals surface area contributed by atoms with E-state index in [0.29, 0.717) is 0 Å². The number of aliphatic hydroxyl groups is 3. The summed E-state index contributed by atoms with van der Waals surface area (Å²) < 4.78 is -1.14. The van der Waals surface area contributed by atoms with E-state index >= 15 is 0 Å². The lowest BCUT2D eigenvalue weighted by molar-refractivity contribution is -0.114. The average Bonchev–Trinajstić information content (AvgIpc) is 2.68. The highest BCUT2D eigenvalue weighted by Gasteiger charge is 2.45. The van der Waals surface area contributed by atoms with Crippen molar-refractivity contribution in [1.82, 2.24) is 0 Å². The topological polar surface area (TPSA) is 156 Å². The van der Waals surface area contributed by atoms with Crippen LogP contribution in [0.2, 0.25) is 0 Å². The summed E-state index contributed by atoms with van der Waals surface area (Å²) in [5.41, 5.74) is -2.19. The van der Waals surface area contributed by atoms with Gasteiger partial charge in [0.15, 0.2) is 11.5 Å². The molecule has 1 aromatic carbocycles. The Morgan fingerprint density at radius 3 is 1.43 bits per heavy atom. The number of carbonyl (C=O) groups is 2. The molecule has 1 aromatic rings. The molecule has 0 saturated heterocycles. The van der Waals surface area contributed by atoms with Crippen molar-refractivity contribution in [2.24, 2.45) is 0 Å². The van der Waals surface area contributed by atoms with Crippen molar-refractivity contribution in [3.05, 3.63) is 51.9 Å². The molecule has 0 radical (unpaired) electrons. The van der Waals surface area contributed by atoms with Gasteiger partial charge in [-0.05, 0) is 63.7 Å². The number of allylic oxidation sites excluding steroid dienone is 5. The number of carbonyl (C=O) groups excluding carboxylic acids is 2. The number of hydrogen-bond acceptors (Lipinski definition) is 8. The normalized spacial score (nSPS) is 20.3. The minimum Gasteiger partial charge on any atom is -0.506 e. The number of aromatic hydroxyl groups is 3. The number of benzene rings is 1. The summed E-state index contributed by atoms with van der Waals surface area (Å²) in [6.45, 7) is 0. The van der Waals surface area contributed by atoms with Crippen molar-refractivity contribution < 1.29 is 40.2 Å². The van der Waals surface area contributed by atoms with E-state index in [9.17, 15) is 40.2 Å². The zero-order valence-electron chi connectivity index (χ0n) is 13.0. The second kappa shape index (κ2) is 6.94. The number of ketones is 2. The van der Waals surface area contributed by atoms with Crippen molar-refractivity contribution in [3.63, 3.8) is 0 Å². The van der Waals surface area contributed by atoms with E-state index in [0.717, 1.165) is 0 Å². The number of hydrogen-bond donors (Lipinski definition) is 6. The van der Waals surface area contributed by atoms with Gasteiger partial charge in [0.25, 0.3) is 0 Å². The van der Waals surface area contributed by atoms with E-state index < -0.39 is 68.4 Å². The van der Waals surface area contributed by atoms with Gasteiger partial charge in [0, 0.05) is 0 Å². The van der Waals surface area contributed by atoms with E-state index in [4.69, 9.17) is 0 Å². The van der Waals surface area contributed by atoms with Crippen molar-refractivity contribution in [1.29, 1.82) is 0 Å². The molecule has 6 N–H and O–H groups in total. The molecule has 0 heterocycles. The molecule has 0 spiro atoms. The van der Waals surface area contributed by atoms with Crippen LogP contribution in [0.25, 0.3) is 5.57 Å². The summed E-state index contributed by atoms with van der Waals surface area (Å²) in [6, 6.07) is 0. The minimum absolute atomic E-state index is 0.254. The molecule has 12 heteroatoms. The number of phenols is 3. The van der Waals surface area contributed by atoms with Gasteiger partial charge >= 0.3 is 0 Å². The summed E-state index contributed by atoms with van der Waals surface area (Å²) >= 11 is 11.5. The van der Waals surface area contributed by atoms with Crippen LogP contribution in [0.1, 0.15) is 5.56 Å². The summed E-state index contributed by atoms with van der Waals surface area (Å²) in [4.78, 5) is 25.1. The molecule has 8 nitrogen and oxygen atoms in total. The summed E-state index contributed by atoms with van der Waals surface area (Å²) in [7, 11) is 0. The Labute approximate surface area is 189 Å². The Bertz CT molecular complexity index is 1110. The monoisotopic (exact) mass is 642 g/mol. The first-order valence-electron chi connectivity index (χ1n) is 7.01. The number of halogens is 4. The number of aliphatic hydroxyl groups excluding tert-OH is 3. The van der Waals surface area contributed by atoms with E-state index in [2.05, 4.69) is 63.7 Å². The zero-order valence-corrected chi connectivity index (χ0v) is 19.4. The highest BCUT2D eigenvalue weighted by molar-refractivity contribution is 9.12. The van der Waals surface area contributed by atoms with Gasteiger partial charge in [-0.3, -0.25) is 9.59 Å². The number of phenolic OH excluding ortho intramolecular Hbond substituents is 3. The molecule has 28 heavy (non-hydrogen) atoms. The Morgan fingerprint density at radius 2 is 0.964 bits per heavy atom. The molecule has 2 aliphatic rings. The Morgan fingerprint density at radius 1 is 0.500 bits per heavy atom. The van der Waals surface area contributed by atoms with Crippen LogP contribution in [0.4, 0.5) is 0 Å². The van der Waals surface area contributed by atoms with Gasteiger partial charge in [-0.15, -0.1) is 0 Å². The lowest BCUT2D eigenvalue weighted by Gasteiger charge is -2.27. The van der Waals surface area contributed by atoms with Gasteiger partial charge in [-0.1, -0.05) is 0 Å². The Hall–Kier alpha value is -1.76. The van der Waals surface area contributed by atoms with Gasteiger partial charge in [0.1, 0.15) is 40.9 Å². The molecular weight excluding hydrogens is 640 g/mol. The molecule has 3 rings (SSSR count). The maximum Gasteiger partial charge on any atom is 0.208 e. The zero-order chi connectivity index (χ0) is 21.2. The van der Waals surface area contributed by atoms with E-state index in [1.54, 1.807) is 0 Å². The molecule has 0 atom stereocenters. The second-order valence-electron chi connectivity index (χ2n) is 5.51. The molecule has 2 aliphatic carbocycles. The second-order valence-corrected chi connectivity index (χ2v) is 8.68. The molecule has 0 amide bonds. The lowest BCUT2D eigenvalue weighted by atomic mass is 9.78. The van der Waals surface area contributed by atoms with Crippen LogP contribution >= 0.6 is 63.7 Å². The van der Waals surface area contributed by atoms with Gasteiger partial charge in [-0.2, -0.15) is 0 Å². The van der Waals surface area contributed by atoms with Crippen molar-refractivity contribution in [2.75, 3.05) is 0 Å². The molecule has 0 bridgehead atoms. The van der Waals surface area contributed by atoms with Crippen LogP contribution < -0.4 is 0 Å². The smallest absolute Gasteiger partial charge is 0.208 e. The average molecular weight is 646 g/mol. The van der Waals surface area contributed by atoms with Gasteiger partial charge in [0.05, 0.1) is 22.3 Å². The van der Waals surface area contributed by atoms with Crippen LogP contribution in [0.15, 0.2) is 46.3 Å². The van der Waals surface area contributed by atoms with Gasteiger partial charge in [0.2, 0.25) is 11.6 Å². The molecule has 0 aromatic heterocycles. The molecule has 0 unspecified atom stereocenters. The first kappa shape index (κ1) is 21.0. The first-order valence-corrected chi connectivity index (χ1v) is 10.2. The molecule has 0 fully saturated rings. The summed E-state index contributed by atoms with van der Waals surface area (Å²) in [6.07, 6.45) is 0. The van der Waals surface area contributed by atoms with Crippen molar-refractivity contribution in [2.45, 2.75) is 0 Å². The summed E-state index contributed by atoms with van der Waals surface area (Å²) in [5, 5.41) is 60.5. The molecule has 0 aliphatic heterocycles. The van der Waals surface area contributed by atoms with Crippen LogP contribution in [-0.2, 0) is 9.59 Å². The molecular formula is C16H6Br4O8. The first-order chi connectivity index (χ1) is 12.9. The predicted octanol–water partition coefficient (Wildman–Crippen LogP) is 4.39. The third-order valence-electron chi connectivity index (χ3n) is 4.02. The van der Waals surface area contributed by atoms with Crippen molar-refractivity contribution >= 4 is 80.9 Å². The standard InChI is InChI=1S/C16H6Br4O8/c17-5-11(23)3(12(24)6(18)15(5)27)1-9(21)2(10(1)22)4-13(25)7(19)16(28)8(20)14(4)26/h21,23-25,27-28H/b4-2-. The lowest BCUT2D eigenvalue weighted by Crippen LogP contribution is -2.28. The van der Waals surface area contributed by atoms with E-state index in [1.165, 1.54) is 0 Å². The fourth-order valence-electron chi connectivity index (χ4n) is 2.63. The number of rotatable bonds is 1. The van der Waals surface area contributed by atoms with Crippen molar-refractivity contribution in [3.8, 4) is 17.2 Å². The molecule has 0 saturated carbocycles. The third kappa shape index (κ3) is 2.65. The Balaban J connectivity index is 2.31. The van der Waals surface area contributed by atoms with E-state index in [-0.39, 0.29) is 17.9 Å². The van der Waals surface area contributed by atoms with Gasteiger partial charge < -0.3 is 30.6 Å². The summed E-state index contributed by atoms with van der Waals surface area (Å²) in [5.74, 6) is -6.08. The maximum atomic E-state index is 12.7. The third-order valence-corrected chi connectivity index (χ3v) is 7.01. The molecule has 146 valence electrons. The van der Waals surface area contributed by atoms with Gasteiger partial charge in [-0.25, -0.2) is 0 Å². The van der Waals surface area contributed by atoms with Crippen LogP contribution in [-0.4, -0.2) is 42.2 Å². The number of Topliss-reactive ketones (excluding diaryl/α,β-unsaturated/α-hetero) is 2. The van der Waals surface area contributed by atoms with Crippen LogP contribution in [0.5, 0.6) is 17.2 Å². The fraction of sp³-hybridized carbons (Fsp3) is 0. The van der Waals surface area contributed by atoms with Crippen LogP contribution in [0, 0.1) is 0 Å². The van der Waals surface area contributed by atoms with E-state index in [1.807, 2.05) is 0 Å². The predicted molar refractivity (Wildman–Crippen MR) is 111 cm³/mol. The minimum atomic E-state index is -0.968. The fourth-order valence-corrected chi connectivity index (χ4v) is 4.75.